The number of carbonyl (C=O) groups excluding carboxylic acids is 1. The molecule has 0 saturated carbocycles. The summed E-state index contributed by atoms with van der Waals surface area (Å²) in [5, 5.41) is 11.4. The lowest BCUT2D eigenvalue weighted by molar-refractivity contribution is -0.137. The molecule has 12 heteroatoms. The summed E-state index contributed by atoms with van der Waals surface area (Å²) in [6, 6.07) is 14.1. The average Bonchev–Trinajstić information content (AvgIpc) is 2.75. The quantitative estimate of drug-likeness (QED) is 0.437. The number of alkyl halides is 3. The number of nitrogens with one attached hydrogen (secondary N) is 2. The lowest BCUT2D eigenvalue weighted by Gasteiger charge is -2.14. The van der Waals surface area contributed by atoms with Gasteiger partial charge in [-0.1, -0.05) is 23.7 Å². The molecule has 0 heterocycles. The SMILES string of the molecule is CC(=O)Nc1ccccc1S(=O)(=O)Nc1ccc(Oc2ccc(Cl)c(C(F)(F)F)c2)c(C#N)c1. The molecule has 1 amide bonds. The van der Waals surface area contributed by atoms with Gasteiger partial charge < -0.3 is 10.1 Å². The molecule has 176 valence electrons. The Balaban J connectivity index is 1.90. The van der Waals surface area contributed by atoms with Gasteiger partial charge in [-0.2, -0.15) is 18.4 Å². The Hall–Kier alpha value is -3.75. The third kappa shape index (κ3) is 5.78. The van der Waals surface area contributed by atoms with E-state index in [1.807, 2.05) is 6.07 Å². The van der Waals surface area contributed by atoms with Gasteiger partial charge in [-0.05, 0) is 48.5 Å². The van der Waals surface area contributed by atoms with E-state index in [4.69, 9.17) is 16.3 Å². The van der Waals surface area contributed by atoms with Gasteiger partial charge in [-0.25, -0.2) is 8.42 Å². The topological polar surface area (TPSA) is 108 Å². The average molecular weight is 510 g/mol. The first-order valence-electron chi connectivity index (χ1n) is 9.39. The van der Waals surface area contributed by atoms with Crippen LogP contribution < -0.4 is 14.8 Å². The number of para-hydroxylation sites is 1. The molecule has 2 N–H and O–H groups in total. The number of nitriles is 1. The van der Waals surface area contributed by atoms with E-state index in [-0.39, 0.29) is 33.3 Å². The van der Waals surface area contributed by atoms with Gasteiger partial charge >= 0.3 is 6.18 Å². The van der Waals surface area contributed by atoms with Crippen molar-refractivity contribution < 1.29 is 31.1 Å². The first-order valence-corrected chi connectivity index (χ1v) is 11.2. The van der Waals surface area contributed by atoms with Crippen LogP contribution >= 0.6 is 11.6 Å². The molecule has 0 aliphatic heterocycles. The molecule has 0 atom stereocenters. The van der Waals surface area contributed by atoms with Crippen molar-refractivity contribution in [3.63, 3.8) is 0 Å². The second-order valence-electron chi connectivity index (χ2n) is 6.85. The third-order valence-electron chi connectivity index (χ3n) is 4.31. The molecule has 0 spiro atoms. The number of hydrogen-bond acceptors (Lipinski definition) is 5. The predicted molar refractivity (Wildman–Crippen MR) is 119 cm³/mol. The van der Waals surface area contributed by atoms with Crippen LogP contribution in [0.2, 0.25) is 5.02 Å². The van der Waals surface area contributed by atoms with Crippen LogP contribution in [-0.2, 0) is 21.0 Å². The molecule has 3 aromatic rings. The summed E-state index contributed by atoms with van der Waals surface area (Å²) in [5.41, 5.74) is -1.19. The van der Waals surface area contributed by atoms with Crippen molar-refractivity contribution in [1.82, 2.24) is 0 Å². The molecule has 0 radical (unpaired) electrons. The number of sulfonamides is 1. The fourth-order valence-corrected chi connectivity index (χ4v) is 4.32. The lowest BCUT2D eigenvalue weighted by atomic mass is 10.2. The highest BCUT2D eigenvalue weighted by Crippen LogP contribution is 2.38. The number of hydrogen-bond donors (Lipinski definition) is 2. The Morgan fingerprint density at radius 1 is 1.09 bits per heavy atom. The van der Waals surface area contributed by atoms with Crippen LogP contribution in [0.3, 0.4) is 0 Å². The summed E-state index contributed by atoms with van der Waals surface area (Å²) in [6.45, 7) is 1.23. The summed E-state index contributed by atoms with van der Waals surface area (Å²) in [4.78, 5) is 11.2. The summed E-state index contributed by atoms with van der Waals surface area (Å²) in [7, 11) is -4.17. The Bertz CT molecular complexity index is 1400. The summed E-state index contributed by atoms with van der Waals surface area (Å²) in [6.07, 6.45) is -4.70. The number of ether oxygens (including phenoxy) is 1. The number of halogens is 4. The highest BCUT2D eigenvalue weighted by Gasteiger charge is 2.33. The Labute approximate surface area is 197 Å². The van der Waals surface area contributed by atoms with E-state index < -0.39 is 32.7 Å². The van der Waals surface area contributed by atoms with Crippen molar-refractivity contribution >= 4 is 38.9 Å². The first-order chi connectivity index (χ1) is 15.9. The second-order valence-corrected chi connectivity index (χ2v) is 8.91. The molecule has 7 nitrogen and oxygen atoms in total. The zero-order valence-corrected chi connectivity index (χ0v) is 18.8. The maximum absolute atomic E-state index is 13.1. The van der Waals surface area contributed by atoms with Gasteiger partial charge in [0.15, 0.2) is 0 Å². The number of benzene rings is 3. The summed E-state index contributed by atoms with van der Waals surface area (Å²) in [5.74, 6) is -0.780. The van der Waals surface area contributed by atoms with Gasteiger partial charge in [0, 0.05) is 6.92 Å². The minimum atomic E-state index is -4.70. The van der Waals surface area contributed by atoms with E-state index >= 15 is 0 Å². The van der Waals surface area contributed by atoms with E-state index in [2.05, 4.69) is 10.0 Å². The highest BCUT2D eigenvalue weighted by atomic mass is 35.5. The number of rotatable bonds is 6. The van der Waals surface area contributed by atoms with E-state index in [9.17, 15) is 31.6 Å². The molecule has 0 aliphatic carbocycles. The Kier molecular flexibility index (Phi) is 7.04. The summed E-state index contributed by atoms with van der Waals surface area (Å²) >= 11 is 5.60. The van der Waals surface area contributed by atoms with E-state index in [0.29, 0.717) is 6.07 Å². The first kappa shape index (κ1) is 24.9. The van der Waals surface area contributed by atoms with Crippen LogP contribution in [0.5, 0.6) is 11.5 Å². The standard InChI is InChI=1S/C22H15ClF3N3O4S/c1-13(30)28-19-4-2-3-5-21(19)34(31,32)29-15-6-9-20(14(10-15)12-27)33-16-7-8-18(23)17(11-16)22(24,25)26/h2-11,29H,1H3,(H,28,30). The van der Waals surface area contributed by atoms with Crippen LogP contribution in [0.1, 0.15) is 18.1 Å². The smallest absolute Gasteiger partial charge is 0.417 e. The van der Waals surface area contributed by atoms with Gasteiger partial charge in [-0.3, -0.25) is 9.52 Å². The van der Waals surface area contributed by atoms with Crippen molar-refractivity contribution in [1.29, 1.82) is 5.26 Å². The highest BCUT2D eigenvalue weighted by molar-refractivity contribution is 7.92. The molecule has 0 fully saturated rings. The minimum absolute atomic E-state index is 0.00591. The molecule has 0 unspecified atom stereocenters. The van der Waals surface area contributed by atoms with E-state index in [1.54, 1.807) is 6.07 Å². The third-order valence-corrected chi connectivity index (χ3v) is 6.08. The number of nitrogens with zero attached hydrogens (tertiary/aromatic N) is 1. The number of anilines is 2. The largest absolute Gasteiger partial charge is 0.456 e. The molecular formula is C22H15ClF3N3O4S. The van der Waals surface area contributed by atoms with Crippen molar-refractivity contribution in [2.24, 2.45) is 0 Å². The minimum Gasteiger partial charge on any atom is -0.456 e. The van der Waals surface area contributed by atoms with Crippen LogP contribution in [0.4, 0.5) is 24.5 Å². The monoisotopic (exact) mass is 509 g/mol. The Morgan fingerprint density at radius 3 is 2.44 bits per heavy atom. The van der Waals surface area contributed by atoms with Gasteiger partial charge in [0.25, 0.3) is 10.0 Å². The maximum atomic E-state index is 13.1. The van der Waals surface area contributed by atoms with Crippen molar-refractivity contribution in [3.8, 4) is 17.6 Å². The van der Waals surface area contributed by atoms with Crippen LogP contribution in [0.15, 0.2) is 65.6 Å². The van der Waals surface area contributed by atoms with E-state index in [0.717, 1.165) is 12.1 Å². The van der Waals surface area contributed by atoms with Crippen LogP contribution in [0.25, 0.3) is 0 Å². The predicted octanol–water partition coefficient (Wildman–Crippen LogP) is 5.78. The van der Waals surface area contributed by atoms with E-state index in [1.165, 1.54) is 43.3 Å². The molecule has 3 rings (SSSR count). The van der Waals surface area contributed by atoms with Gasteiger partial charge in [0.05, 0.1) is 27.5 Å². The van der Waals surface area contributed by atoms with Crippen LogP contribution in [-0.4, -0.2) is 14.3 Å². The molecule has 34 heavy (non-hydrogen) atoms. The van der Waals surface area contributed by atoms with Gasteiger partial charge in [0.1, 0.15) is 22.5 Å². The van der Waals surface area contributed by atoms with Gasteiger partial charge in [-0.15, -0.1) is 0 Å². The molecule has 0 aromatic heterocycles. The lowest BCUT2D eigenvalue weighted by Crippen LogP contribution is -2.17. The molecule has 0 saturated heterocycles. The van der Waals surface area contributed by atoms with Crippen molar-refractivity contribution in [2.45, 2.75) is 18.0 Å². The summed E-state index contributed by atoms with van der Waals surface area (Å²) < 4.78 is 72.7. The van der Waals surface area contributed by atoms with Crippen molar-refractivity contribution in [3.05, 3.63) is 76.8 Å². The fraction of sp³-hybridized carbons (Fsp3) is 0.0909. The zero-order valence-electron chi connectivity index (χ0n) is 17.3. The van der Waals surface area contributed by atoms with Gasteiger partial charge in [0.2, 0.25) is 5.91 Å². The molecule has 0 bridgehead atoms. The fourth-order valence-electron chi connectivity index (χ4n) is 2.89. The zero-order chi connectivity index (χ0) is 25.1. The maximum Gasteiger partial charge on any atom is 0.417 e. The van der Waals surface area contributed by atoms with Crippen LogP contribution in [0, 0.1) is 11.3 Å². The number of amides is 1. The van der Waals surface area contributed by atoms with Crippen molar-refractivity contribution in [2.75, 3.05) is 10.0 Å². The normalized spacial score (nSPS) is 11.4. The Morgan fingerprint density at radius 2 is 1.79 bits per heavy atom. The molecule has 0 aliphatic rings. The second kappa shape index (κ2) is 9.62. The number of carbonyl (C=O) groups is 1. The molecular weight excluding hydrogens is 495 g/mol. The molecule has 3 aromatic carbocycles.